The van der Waals surface area contributed by atoms with Crippen LogP contribution in [-0.4, -0.2) is 34.7 Å². The van der Waals surface area contributed by atoms with Gasteiger partial charge in [-0.05, 0) is 42.9 Å². The molecule has 1 aromatic carbocycles. The van der Waals surface area contributed by atoms with E-state index in [1.54, 1.807) is 25.4 Å². The Morgan fingerprint density at radius 2 is 2.00 bits per heavy atom. The molecule has 2 heterocycles. The molecule has 2 unspecified atom stereocenters. The molecule has 0 saturated carbocycles. The van der Waals surface area contributed by atoms with Crippen molar-refractivity contribution < 1.29 is 9.18 Å². The molecule has 1 fully saturated rings. The molecule has 1 aromatic heterocycles. The van der Waals surface area contributed by atoms with Gasteiger partial charge in [-0.2, -0.15) is 0 Å². The molecule has 1 N–H and O–H groups in total. The van der Waals surface area contributed by atoms with E-state index in [2.05, 4.69) is 34.0 Å². The standard InChI is InChI=1S/C20H25FN4OS/c1-13-6-14(2)10-25(9-13)18-8-20(23-12-22-18)27-11-19(26)24-16-5-4-15(3)17(21)7-16/h4-5,7-8,12-14H,6,9-11H2,1-3H3,(H,24,26). The summed E-state index contributed by atoms with van der Waals surface area (Å²) in [5.41, 5.74) is 1.01. The van der Waals surface area contributed by atoms with Crippen molar-refractivity contribution >= 4 is 29.2 Å². The molecule has 2 atom stereocenters. The fraction of sp³-hybridized carbons (Fsp3) is 0.450. The van der Waals surface area contributed by atoms with Crippen LogP contribution in [0.25, 0.3) is 0 Å². The lowest BCUT2D eigenvalue weighted by Gasteiger charge is -2.35. The molecule has 0 bridgehead atoms. The number of thioether (sulfide) groups is 1. The predicted octanol–water partition coefficient (Wildman–Crippen LogP) is 4.14. The summed E-state index contributed by atoms with van der Waals surface area (Å²) in [7, 11) is 0. The number of nitrogens with zero attached hydrogens (tertiary/aromatic N) is 3. The van der Waals surface area contributed by atoms with E-state index in [1.165, 1.54) is 24.2 Å². The van der Waals surface area contributed by atoms with Crippen molar-refractivity contribution in [2.45, 2.75) is 32.2 Å². The van der Waals surface area contributed by atoms with Gasteiger partial charge in [-0.1, -0.05) is 31.7 Å². The summed E-state index contributed by atoms with van der Waals surface area (Å²) in [6.45, 7) is 8.19. The van der Waals surface area contributed by atoms with E-state index in [9.17, 15) is 9.18 Å². The van der Waals surface area contributed by atoms with Crippen LogP contribution in [0.15, 0.2) is 35.6 Å². The number of rotatable bonds is 5. The summed E-state index contributed by atoms with van der Waals surface area (Å²) in [6.07, 6.45) is 2.79. The first-order valence-corrected chi connectivity index (χ1v) is 10.1. The first-order chi connectivity index (χ1) is 12.9. The third kappa shape index (κ3) is 5.42. The van der Waals surface area contributed by atoms with Crippen molar-refractivity contribution in [2.24, 2.45) is 11.8 Å². The molecule has 3 rings (SSSR count). The third-order valence-electron chi connectivity index (χ3n) is 4.63. The number of hydrogen-bond acceptors (Lipinski definition) is 5. The molecular weight excluding hydrogens is 363 g/mol. The normalized spacial score (nSPS) is 19.8. The van der Waals surface area contributed by atoms with Crippen molar-refractivity contribution in [3.8, 4) is 0 Å². The van der Waals surface area contributed by atoms with E-state index in [4.69, 9.17) is 0 Å². The number of nitrogens with one attached hydrogen (secondary N) is 1. The molecule has 0 spiro atoms. The Bertz CT molecular complexity index is 806. The second-order valence-electron chi connectivity index (χ2n) is 7.37. The monoisotopic (exact) mass is 388 g/mol. The number of aromatic nitrogens is 2. The SMILES string of the molecule is Cc1ccc(NC(=O)CSc2cc(N3CC(C)CC(C)C3)ncn2)cc1F. The molecule has 2 aromatic rings. The fourth-order valence-electron chi connectivity index (χ4n) is 3.44. The van der Waals surface area contributed by atoms with Gasteiger partial charge in [0.25, 0.3) is 0 Å². The maximum absolute atomic E-state index is 13.6. The van der Waals surface area contributed by atoms with E-state index in [1.807, 2.05) is 6.07 Å². The van der Waals surface area contributed by atoms with Gasteiger partial charge in [-0.15, -0.1) is 0 Å². The molecule has 1 amide bonds. The van der Waals surface area contributed by atoms with Gasteiger partial charge in [-0.3, -0.25) is 4.79 Å². The van der Waals surface area contributed by atoms with Crippen molar-refractivity contribution in [3.05, 3.63) is 42.0 Å². The molecule has 5 nitrogen and oxygen atoms in total. The molecular formula is C20H25FN4OS. The summed E-state index contributed by atoms with van der Waals surface area (Å²) in [5.74, 6) is 1.88. The minimum Gasteiger partial charge on any atom is -0.356 e. The number of hydrogen-bond donors (Lipinski definition) is 1. The van der Waals surface area contributed by atoms with Crippen molar-refractivity contribution in [1.29, 1.82) is 0 Å². The Hall–Kier alpha value is -2.15. The molecule has 1 saturated heterocycles. The minimum absolute atomic E-state index is 0.191. The fourth-order valence-corrected chi connectivity index (χ4v) is 4.10. The molecule has 7 heteroatoms. The number of benzene rings is 1. The van der Waals surface area contributed by atoms with Crippen molar-refractivity contribution in [2.75, 3.05) is 29.1 Å². The average molecular weight is 389 g/mol. The number of piperidine rings is 1. The van der Waals surface area contributed by atoms with Crippen molar-refractivity contribution in [1.82, 2.24) is 9.97 Å². The third-order valence-corrected chi connectivity index (χ3v) is 5.55. The zero-order valence-corrected chi connectivity index (χ0v) is 16.7. The van der Waals surface area contributed by atoms with Gasteiger partial charge < -0.3 is 10.2 Å². The number of halogens is 1. The number of carbonyl (C=O) groups excluding carboxylic acids is 1. The number of amides is 1. The summed E-state index contributed by atoms with van der Waals surface area (Å²) < 4.78 is 13.6. The highest BCUT2D eigenvalue weighted by atomic mass is 32.2. The largest absolute Gasteiger partial charge is 0.356 e. The van der Waals surface area contributed by atoms with Crippen LogP contribution < -0.4 is 10.2 Å². The highest BCUT2D eigenvalue weighted by Gasteiger charge is 2.23. The van der Waals surface area contributed by atoms with Crippen LogP contribution in [0.5, 0.6) is 0 Å². The van der Waals surface area contributed by atoms with Crippen LogP contribution in [0.2, 0.25) is 0 Å². The van der Waals surface area contributed by atoms with E-state index >= 15 is 0 Å². The maximum Gasteiger partial charge on any atom is 0.234 e. The smallest absolute Gasteiger partial charge is 0.234 e. The van der Waals surface area contributed by atoms with Gasteiger partial charge in [0.2, 0.25) is 5.91 Å². The second kappa shape index (κ2) is 8.69. The molecule has 144 valence electrons. The Balaban J connectivity index is 1.57. The van der Waals surface area contributed by atoms with E-state index in [0.29, 0.717) is 23.1 Å². The summed E-state index contributed by atoms with van der Waals surface area (Å²) in [4.78, 5) is 23.1. The molecule has 1 aliphatic rings. The lowest BCUT2D eigenvalue weighted by Crippen LogP contribution is -2.39. The summed E-state index contributed by atoms with van der Waals surface area (Å²) >= 11 is 1.35. The first-order valence-electron chi connectivity index (χ1n) is 9.16. The van der Waals surface area contributed by atoms with Crippen LogP contribution in [0.4, 0.5) is 15.9 Å². The summed E-state index contributed by atoms with van der Waals surface area (Å²) in [5, 5.41) is 3.48. The Morgan fingerprint density at radius 3 is 2.70 bits per heavy atom. The average Bonchev–Trinajstić information content (AvgIpc) is 2.62. The molecule has 1 aliphatic heterocycles. The Morgan fingerprint density at radius 1 is 1.26 bits per heavy atom. The molecule has 0 radical (unpaired) electrons. The highest BCUT2D eigenvalue weighted by Crippen LogP contribution is 2.27. The lowest BCUT2D eigenvalue weighted by molar-refractivity contribution is -0.113. The summed E-state index contributed by atoms with van der Waals surface area (Å²) in [6, 6.07) is 6.62. The number of aryl methyl sites for hydroxylation is 1. The van der Waals surface area contributed by atoms with Crippen LogP contribution in [0.1, 0.15) is 25.8 Å². The van der Waals surface area contributed by atoms with Gasteiger partial charge in [-0.25, -0.2) is 14.4 Å². The quantitative estimate of drug-likeness (QED) is 0.616. The van der Waals surface area contributed by atoms with Gasteiger partial charge in [0.15, 0.2) is 0 Å². The lowest BCUT2D eigenvalue weighted by atomic mass is 9.92. The van der Waals surface area contributed by atoms with E-state index in [0.717, 1.165) is 23.9 Å². The molecule has 0 aliphatic carbocycles. The van der Waals surface area contributed by atoms with Crippen LogP contribution in [-0.2, 0) is 4.79 Å². The Labute approximate surface area is 163 Å². The second-order valence-corrected chi connectivity index (χ2v) is 8.36. The van der Waals surface area contributed by atoms with Gasteiger partial charge in [0.1, 0.15) is 23.0 Å². The van der Waals surface area contributed by atoms with E-state index in [-0.39, 0.29) is 17.5 Å². The Kier molecular flexibility index (Phi) is 6.31. The zero-order valence-electron chi connectivity index (χ0n) is 15.9. The van der Waals surface area contributed by atoms with Gasteiger partial charge in [0, 0.05) is 24.8 Å². The minimum atomic E-state index is -0.328. The number of carbonyl (C=O) groups is 1. The first kappa shape index (κ1) is 19.6. The van der Waals surface area contributed by atoms with Gasteiger partial charge in [0.05, 0.1) is 5.75 Å². The topological polar surface area (TPSA) is 58.1 Å². The zero-order chi connectivity index (χ0) is 19.4. The van der Waals surface area contributed by atoms with Gasteiger partial charge >= 0.3 is 0 Å². The van der Waals surface area contributed by atoms with Crippen LogP contribution >= 0.6 is 11.8 Å². The highest BCUT2D eigenvalue weighted by molar-refractivity contribution is 7.99. The van der Waals surface area contributed by atoms with Crippen LogP contribution in [0, 0.1) is 24.6 Å². The van der Waals surface area contributed by atoms with Crippen LogP contribution in [0.3, 0.4) is 0 Å². The molecule has 27 heavy (non-hydrogen) atoms. The predicted molar refractivity (Wildman–Crippen MR) is 108 cm³/mol. The maximum atomic E-state index is 13.6. The number of anilines is 2. The van der Waals surface area contributed by atoms with Crippen molar-refractivity contribution in [3.63, 3.8) is 0 Å². The van der Waals surface area contributed by atoms with E-state index < -0.39 is 0 Å².